The first-order valence-corrected chi connectivity index (χ1v) is 9.94. The topological polar surface area (TPSA) is 75.2 Å². The zero-order valence-electron chi connectivity index (χ0n) is 17.9. The zero-order chi connectivity index (χ0) is 20.4. The molecule has 0 atom stereocenters. The van der Waals surface area contributed by atoms with Gasteiger partial charge >= 0.3 is 6.09 Å². The first-order valence-electron chi connectivity index (χ1n) is 9.94. The normalized spacial score (nSPS) is 14.6. The molecule has 7 nitrogen and oxygen atoms in total. The first-order chi connectivity index (χ1) is 13.4. The summed E-state index contributed by atoms with van der Waals surface area (Å²) in [5, 5.41) is 6.64. The second-order valence-electron chi connectivity index (χ2n) is 7.97. The van der Waals surface area contributed by atoms with Gasteiger partial charge in [0.25, 0.3) is 0 Å². The van der Waals surface area contributed by atoms with Crippen LogP contribution in [0.2, 0.25) is 0 Å². The molecule has 1 amide bonds. The Hall–Kier alpha value is -1.55. The lowest BCUT2D eigenvalue weighted by Gasteiger charge is -2.40. The van der Waals surface area contributed by atoms with Gasteiger partial charge in [-0.2, -0.15) is 0 Å². The molecule has 29 heavy (non-hydrogen) atoms. The molecule has 1 heterocycles. The van der Waals surface area contributed by atoms with E-state index in [-0.39, 0.29) is 36.1 Å². The summed E-state index contributed by atoms with van der Waals surface area (Å²) in [5.74, 6) is 0.763. The van der Waals surface area contributed by atoms with Crippen molar-refractivity contribution in [3.05, 3.63) is 35.9 Å². The number of nitrogens with zero attached hydrogens (tertiary/aromatic N) is 2. The highest BCUT2D eigenvalue weighted by Crippen LogP contribution is 2.15. The van der Waals surface area contributed by atoms with Crippen molar-refractivity contribution in [2.24, 2.45) is 4.99 Å². The smallest absolute Gasteiger partial charge is 0.410 e. The number of unbranched alkanes of at least 4 members (excludes halogenated alkanes) is 1. The van der Waals surface area contributed by atoms with Crippen molar-refractivity contribution in [2.45, 2.75) is 51.9 Å². The highest BCUT2D eigenvalue weighted by atomic mass is 127. The molecule has 1 fully saturated rings. The summed E-state index contributed by atoms with van der Waals surface area (Å²) in [6, 6.07) is 10.4. The van der Waals surface area contributed by atoms with Gasteiger partial charge in [-0.1, -0.05) is 30.3 Å². The molecular formula is C21H35IN4O3. The van der Waals surface area contributed by atoms with Crippen molar-refractivity contribution in [3.8, 4) is 0 Å². The van der Waals surface area contributed by atoms with Gasteiger partial charge in [0, 0.05) is 33.3 Å². The highest BCUT2D eigenvalue weighted by molar-refractivity contribution is 14.0. The summed E-state index contributed by atoms with van der Waals surface area (Å²) >= 11 is 0. The fourth-order valence-electron chi connectivity index (χ4n) is 2.73. The maximum Gasteiger partial charge on any atom is 0.410 e. The van der Waals surface area contributed by atoms with Gasteiger partial charge in [-0.25, -0.2) is 4.79 Å². The molecule has 1 aliphatic rings. The molecular weight excluding hydrogens is 483 g/mol. The van der Waals surface area contributed by atoms with Gasteiger partial charge < -0.3 is 25.0 Å². The van der Waals surface area contributed by atoms with E-state index in [2.05, 4.69) is 27.8 Å². The van der Waals surface area contributed by atoms with E-state index >= 15 is 0 Å². The lowest BCUT2D eigenvalue weighted by atomic mass is 10.1. The molecule has 0 saturated carbocycles. The molecule has 1 aromatic carbocycles. The minimum atomic E-state index is -0.460. The second kappa shape index (κ2) is 12.9. The SMILES string of the molecule is CN=C(NCCCCOCc1ccccc1)NC1CN(C(=O)OC(C)(C)C)C1.I. The number of likely N-dealkylation sites (tertiary alicyclic amines) is 1. The van der Waals surface area contributed by atoms with E-state index in [4.69, 9.17) is 9.47 Å². The summed E-state index contributed by atoms with van der Waals surface area (Å²) in [6.07, 6.45) is 1.74. The summed E-state index contributed by atoms with van der Waals surface area (Å²) in [5.41, 5.74) is 0.740. The predicted octanol–water partition coefficient (Wildman–Crippen LogP) is 3.39. The molecule has 8 heteroatoms. The quantitative estimate of drug-likeness (QED) is 0.239. The van der Waals surface area contributed by atoms with Gasteiger partial charge in [0.05, 0.1) is 12.6 Å². The van der Waals surface area contributed by atoms with E-state index in [1.807, 2.05) is 39.0 Å². The summed E-state index contributed by atoms with van der Waals surface area (Å²) in [6.45, 7) is 9.11. The van der Waals surface area contributed by atoms with Crippen molar-refractivity contribution >= 4 is 36.0 Å². The van der Waals surface area contributed by atoms with Crippen molar-refractivity contribution in [2.75, 3.05) is 33.3 Å². The van der Waals surface area contributed by atoms with Crippen LogP contribution in [0.25, 0.3) is 0 Å². The van der Waals surface area contributed by atoms with Crippen molar-refractivity contribution in [3.63, 3.8) is 0 Å². The van der Waals surface area contributed by atoms with Crippen molar-refractivity contribution < 1.29 is 14.3 Å². The molecule has 0 radical (unpaired) electrons. The fraction of sp³-hybridized carbons (Fsp3) is 0.619. The molecule has 164 valence electrons. The van der Waals surface area contributed by atoms with E-state index in [1.54, 1.807) is 11.9 Å². The Morgan fingerprint density at radius 3 is 2.52 bits per heavy atom. The summed E-state index contributed by atoms with van der Waals surface area (Å²) < 4.78 is 11.1. The highest BCUT2D eigenvalue weighted by Gasteiger charge is 2.34. The van der Waals surface area contributed by atoms with Crippen molar-refractivity contribution in [1.82, 2.24) is 15.5 Å². The molecule has 0 bridgehead atoms. The Morgan fingerprint density at radius 2 is 1.90 bits per heavy atom. The average Bonchev–Trinajstić information content (AvgIpc) is 2.61. The van der Waals surface area contributed by atoms with Crippen LogP contribution in [0.5, 0.6) is 0 Å². The molecule has 0 unspecified atom stereocenters. The Morgan fingerprint density at radius 1 is 1.21 bits per heavy atom. The minimum absolute atomic E-state index is 0. The average molecular weight is 518 g/mol. The Kier molecular flexibility index (Phi) is 11.3. The van der Waals surface area contributed by atoms with Crippen LogP contribution in [0.4, 0.5) is 4.79 Å². The van der Waals surface area contributed by atoms with Crippen LogP contribution in [0.1, 0.15) is 39.2 Å². The number of benzene rings is 1. The molecule has 0 aromatic heterocycles. The van der Waals surface area contributed by atoms with Crippen LogP contribution < -0.4 is 10.6 Å². The number of nitrogens with one attached hydrogen (secondary N) is 2. The number of guanidine groups is 1. The molecule has 1 aromatic rings. The zero-order valence-corrected chi connectivity index (χ0v) is 20.3. The van der Waals surface area contributed by atoms with Crippen LogP contribution in [0.15, 0.2) is 35.3 Å². The number of carbonyl (C=O) groups excluding carboxylic acids is 1. The largest absolute Gasteiger partial charge is 0.444 e. The van der Waals surface area contributed by atoms with Gasteiger partial charge in [-0.3, -0.25) is 4.99 Å². The van der Waals surface area contributed by atoms with Gasteiger partial charge in [-0.05, 0) is 39.2 Å². The van der Waals surface area contributed by atoms with Gasteiger partial charge in [-0.15, -0.1) is 24.0 Å². The van der Waals surface area contributed by atoms with E-state index in [0.29, 0.717) is 19.7 Å². The number of carbonyl (C=O) groups is 1. The standard InChI is InChI=1S/C21H34N4O3.HI/c1-21(2,3)28-20(26)25-14-18(15-25)24-19(22-4)23-12-8-9-13-27-16-17-10-6-5-7-11-17;/h5-7,10-11,18H,8-9,12-16H2,1-4H3,(H2,22,23,24);1H. The fourth-order valence-corrected chi connectivity index (χ4v) is 2.73. The number of halogens is 1. The maximum absolute atomic E-state index is 11.9. The number of ether oxygens (including phenoxy) is 2. The van der Waals surface area contributed by atoms with E-state index in [0.717, 1.165) is 32.0 Å². The van der Waals surface area contributed by atoms with E-state index < -0.39 is 5.60 Å². The van der Waals surface area contributed by atoms with Crippen LogP contribution in [0, 0.1) is 0 Å². The summed E-state index contributed by atoms with van der Waals surface area (Å²) in [7, 11) is 1.75. The number of aliphatic imine (C=N–C) groups is 1. The third-order valence-corrected chi connectivity index (χ3v) is 4.22. The van der Waals surface area contributed by atoms with Crippen LogP contribution in [-0.4, -0.2) is 61.9 Å². The number of amides is 1. The number of hydrogen-bond acceptors (Lipinski definition) is 4. The predicted molar refractivity (Wildman–Crippen MR) is 127 cm³/mol. The van der Waals surface area contributed by atoms with E-state index in [1.165, 1.54) is 5.56 Å². The molecule has 2 rings (SSSR count). The molecule has 0 spiro atoms. The van der Waals surface area contributed by atoms with Crippen molar-refractivity contribution in [1.29, 1.82) is 0 Å². The Bertz CT molecular complexity index is 629. The molecule has 2 N–H and O–H groups in total. The van der Waals surface area contributed by atoms with Crippen LogP contribution in [0.3, 0.4) is 0 Å². The Balaban J connectivity index is 0.00000420. The second-order valence-corrected chi connectivity index (χ2v) is 7.97. The summed E-state index contributed by atoms with van der Waals surface area (Å²) in [4.78, 5) is 17.9. The number of rotatable bonds is 8. The third-order valence-electron chi connectivity index (χ3n) is 4.22. The third kappa shape index (κ3) is 10.2. The maximum atomic E-state index is 11.9. The lowest BCUT2D eigenvalue weighted by Crippen LogP contribution is -2.63. The minimum Gasteiger partial charge on any atom is -0.444 e. The number of hydrogen-bond donors (Lipinski definition) is 2. The molecule has 1 saturated heterocycles. The van der Waals surface area contributed by atoms with Gasteiger partial charge in [0.1, 0.15) is 5.60 Å². The molecule has 0 aliphatic carbocycles. The van der Waals surface area contributed by atoms with E-state index in [9.17, 15) is 4.79 Å². The van der Waals surface area contributed by atoms with Crippen LogP contribution >= 0.6 is 24.0 Å². The Labute approximate surface area is 191 Å². The first kappa shape index (κ1) is 25.5. The van der Waals surface area contributed by atoms with Crippen LogP contribution in [-0.2, 0) is 16.1 Å². The monoisotopic (exact) mass is 518 g/mol. The van der Waals surface area contributed by atoms with Gasteiger partial charge in [0.2, 0.25) is 0 Å². The molecule has 1 aliphatic heterocycles. The lowest BCUT2D eigenvalue weighted by molar-refractivity contribution is 0.00701. The van der Waals surface area contributed by atoms with Gasteiger partial charge in [0.15, 0.2) is 5.96 Å².